The second-order valence-corrected chi connectivity index (χ2v) is 12.0. The maximum Gasteiger partial charge on any atom is 0.261 e. The first-order chi connectivity index (χ1) is 18.9. The number of anilines is 3. The van der Waals surface area contributed by atoms with Crippen molar-refractivity contribution < 1.29 is 4.79 Å². The topological polar surface area (TPSA) is 106 Å². The second-order valence-electron chi connectivity index (χ2n) is 9.61. The Morgan fingerprint density at radius 2 is 1.77 bits per heavy atom. The van der Waals surface area contributed by atoms with Gasteiger partial charge in [-0.15, -0.1) is 11.3 Å². The lowest BCUT2D eigenvalue weighted by atomic mass is 10.0. The Balaban J connectivity index is 1.42. The molecule has 1 amide bonds. The zero-order valence-electron chi connectivity index (χ0n) is 22.0. The Morgan fingerprint density at radius 1 is 1.00 bits per heavy atom. The minimum Gasteiger partial charge on any atom is -0.399 e. The number of hydrogen-bond acceptors (Lipinski definition) is 8. The van der Waals surface area contributed by atoms with E-state index in [9.17, 15) is 4.79 Å². The summed E-state index contributed by atoms with van der Waals surface area (Å²) in [7, 11) is 0. The minimum absolute atomic E-state index is 0.106. The Hall–Kier alpha value is -3.95. The van der Waals surface area contributed by atoms with E-state index in [1.165, 1.54) is 23.2 Å². The highest BCUT2D eigenvalue weighted by Gasteiger charge is 2.19. The van der Waals surface area contributed by atoms with Crippen LogP contribution in [0.15, 0.2) is 88.2 Å². The van der Waals surface area contributed by atoms with Crippen molar-refractivity contribution in [2.45, 2.75) is 41.7 Å². The van der Waals surface area contributed by atoms with Crippen molar-refractivity contribution >= 4 is 57.2 Å². The molecule has 0 radical (unpaired) electrons. The van der Waals surface area contributed by atoms with Crippen molar-refractivity contribution in [3.05, 3.63) is 95.3 Å². The van der Waals surface area contributed by atoms with Crippen molar-refractivity contribution in [2.24, 2.45) is 0 Å². The molecule has 0 aliphatic heterocycles. The third-order valence-corrected chi connectivity index (χ3v) is 8.65. The van der Waals surface area contributed by atoms with Gasteiger partial charge in [0.25, 0.3) is 5.91 Å². The summed E-state index contributed by atoms with van der Waals surface area (Å²) in [4.78, 5) is 28.4. The first-order valence-corrected chi connectivity index (χ1v) is 14.4. The predicted molar refractivity (Wildman–Crippen MR) is 161 cm³/mol. The Kier molecular flexibility index (Phi) is 8.09. The number of nitrogens with one attached hydrogen (secondary N) is 2. The summed E-state index contributed by atoms with van der Waals surface area (Å²) in [5.74, 6) is 1.04. The number of nitrogens with zero attached hydrogens (tertiary/aromatic N) is 3. The van der Waals surface area contributed by atoms with Crippen LogP contribution in [0, 0.1) is 0 Å². The molecule has 5 rings (SSSR count). The van der Waals surface area contributed by atoms with E-state index in [-0.39, 0.29) is 11.8 Å². The van der Waals surface area contributed by atoms with Gasteiger partial charge in [-0.1, -0.05) is 62.9 Å². The van der Waals surface area contributed by atoms with Gasteiger partial charge in [0.2, 0.25) is 0 Å². The molecule has 2 aromatic carbocycles. The fourth-order valence-electron chi connectivity index (χ4n) is 4.03. The Morgan fingerprint density at radius 3 is 2.51 bits per heavy atom. The number of benzene rings is 2. The quantitative estimate of drug-likeness (QED) is 0.165. The van der Waals surface area contributed by atoms with Gasteiger partial charge in [0.05, 0.1) is 20.2 Å². The van der Waals surface area contributed by atoms with Gasteiger partial charge in [0.15, 0.2) is 5.65 Å². The molecule has 4 N–H and O–H groups in total. The molecule has 39 heavy (non-hydrogen) atoms. The first-order valence-electron chi connectivity index (χ1n) is 12.8. The summed E-state index contributed by atoms with van der Waals surface area (Å²) >= 11 is 3.02. The van der Waals surface area contributed by atoms with Crippen LogP contribution in [0.3, 0.4) is 0 Å². The van der Waals surface area contributed by atoms with E-state index in [0.29, 0.717) is 34.5 Å². The predicted octanol–water partition coefficient (Wildman–Crippen LogP) is 7.22. The van der Waals surface area contributed by atoms with Crippen molar-refractivity contribution in [2.75, 3.05) is 17.6 Å². The fourth-order valence-corrected chi connectivity index (χ4v) is 6.22. The van der Waals surface area contributed by atoms with E-state index in [1.807, 2.05) is 60.7 Å². The molecule has 0 spiro atoms. The molecule has 1 unspecified atom stereocenters. The number of hydrogen-bond donors (Lipinski definition) is 3. The number of pyridine rings is 1. The molecule has 0 saturated heterocycles. The molecule has 0 saturated carbocycles. The molecule has 3 heterocycles. The van der Waals surface area contributed by atoms with Crippen molar-refractivity contribution in [1.29, 1.82) is 0 Å². The Labute approximate surface area is 236 Å². The molecule has 0 bridgehead atoms. The smallest absolute Gasteiger partial charge is 0.261 e. The molecule has 3 aromatic heterocycles. The van der Waals surface area contributed by atoms with E-state index in [2.05, 4.69) is 53.5 Å². The van der Waals surface area contributed by atoms with Crippen LogP contribution in [0.25, 0.3) is 11.0 Å². The zero-order valence-corrected chi connectivity index (χ0v) is 23.6. The monoisotopic (exact) mass is 554 g/mol. The molecule has 1 atom stereocenters. The average molecular weight is 555 g/mol. The fraction of sp³-hybridized carbons (Fsp3) is 0.200. The largest absolute Gasteiger partial charge is 0.399 e. The third-order valence-electron chi connectivity index (χ3n) is 6.31. The van der Waals surface area contributed by atoms with E-state index >= 15 is 0 Å². The molecular weight excluding hydrogens is 525 g/mol. The van der Waals surface area contributed by atoms with Crippen LogP contribution in [-0.4, -0.2) is 27.4 Å². The number of nitrogen functional groups attached to an aromatic ring is 1. The van der Waals surface area contributed by atoms with E-state index in [1.54, 1.807) is 11.8 Å². The lowest BCUT2D eigenvalue weighted by Gasteiger charge is -2.12. The van der Waals surface area contributed by atoms with E-state index < -0.39 is 0 Å². The van der Waals surface area contributed by atoms with Gasteiger partial charge in [-0.3, -0.25) is 4.79 Å². The van der Waals surface area contributed by atoms with Gasteiger partial charge in [0, 0.05) is 22.8 Å². The number of carbonyl (C=O) groups excluding carboxylic acids is 1. The molecule has 7 nitrogen and oxygen atoms in total. The SMILES string of the molecule is CC(C)c1ccc2c(Nc3cc(C(=O)NCC(C)c4ccccc4)sc3Sc3ccc(N)cc3)ncnc2n1. The summed E-state index contributed by atoms with van der Waals surface area (Å²) in [5, 5.41) is 7.38. The zero-order chi connectivity index (χ0) is 27.4. The number of nitrogens with two attached hydrogens (primary N) is 1. The maximum atomic E-state index is 13.2. The molecular formula is C30H30N6OS2. The number of carbonyl (C=O) groups is 1. The Bertz CT molecular complexity index is 1580. The van der Waals surface area contributed by atoms with Gasteiger partial charge in [-0.05, 0) is 59.9 Å². The molecule has 5 aromatic rings. The molecule has 198 valence electrons. The van der Waals surface area contributed by atoms with Crippen LogP contribution in [0.2, 0.25) is 0 Å². The van der Waals surface area contributed by atoms with Crippen LogP contribution in [0.1, 0.15) is 53.5 Å². The van der Waals surface area contributed by atoms with Crippen molar-refractivity contribution in [3.63, 3.8) is 0 Å². The highest BCUT2D eigenvalue weighted by Crippen LogP contribution is 2.42. The maximum absolute atomic E-state index is 13.2. The van der Waals surface area contributed by atoms with E-state index in [0.717, 1.165) is 25.9 Å². The molecule has 0 fully saturated rings. The first kappa shape index (κ1) is 26.6. The van der Waals surface area contributed by atoms with Crippen LogP contribution >= 0.6 is 23.1 Å². The normalized spacial score (nSPS) is 12.0. The lowest BCUT2D eigenvalue weighted by Crippen LogP contribution is -2.26. The van der Waals surface area contributed by atoms with Crippen LogP contribution in [0.5, 0.6) is 0 Å². The standard InChI is InChI=1S/C30H30N6OS2/c1-18(2)24-14-13-23-27(35-24)33-17-34-28(23)36-25-15-26(39-30(25)38-22-11-9-21(31)10-12-22)29(37)32-16-19(3)20-7-5-4-6-8-20/h4-15,17-19H,16,31H2,1-3H3,(H,32,37)(H,33,34,35,36). The number of amides is 1. The molecule has 0 aliphatic carbocycles. The van der Waals surface area contributed by atoms with Gasteiger partial charge >= 0.3 is 0 Å². The molecule has 9 heteroatoms. The van der Waals surface area contributed by atoms with Crippen LogP contribution < -0.4 is 16.4 Å². The van der Waals surface area contributed by atoms with Gasteiger partial charge in [0.1, 0.15) is 12.1 Å². The lowest BCUT2D eigenvalue weighted by molar-refractivity contribution is 0.0955. The highest BCUT2D eigenvalue weighted by atomic mass is 32.2. The van der Waals surface area contributed by atoms with E-state index in [4.69, 9.17) is 10.7 Å². The second kappa shape index (κ2) is 11.8. The van der Waals surface area contributed by atoms with Crippen molar-refractivity contribution in [3.8, 4) is 0 Å². The average Bonchev–Trinajstić information content (AvgIpc) is 3.35. The minimum atomic E-state index is -0.106. The number of thiophene rings is 1. The van der Waals surface area contributed by atoms with Crippen molar-refractivity contribution in [1.82, 2.24) is 20.3 Å². The number of rotatable bonds is 9. The van der Waals surface area contributed by atoms with Gasteiger partial charge in [-0.2, -0.15) is 0 Å². The van der Waals surface area contributed by atoms with Crippen LogP contribution in [-0.2, 0) is 0 Å². The number of fused-ring (bicyclic) bond motifs is 1. The van der Waals surface area contributed by atoms with Gasteiger partial charge in [-0.25, -0.2) is 15.0 Å². The summed E-state index contributed by atoms with van der Waals surface area (Å²) in [6, 6.07) is 23.8. The third kappa shape index (κ3) is 6.38. The van der Waals surface area contributed by atoms with Crippen LogP contribution in [0.4, 0.5) is 17.2 Å². The summed E-state index contributed by atoms with van der Waals surface area (Å²) < 4.78 is 0.944. The summed E-state index contributed by atoms with van der Waals surface area (Å²) in [6.45, 7) is 6.87. The molecule has 0 aliphatic rings. The summed E-state index contributed by atoms with van der Waals surface area (Å²) in [6.07, 6.45) is 1.51. The highest BCUT2D eigenvalue weighted by molar-refractivity contribution is 8.01. The summed E-state index contributed by atoms with van der Waals surface area (Å²) in [5.41, 5.74) is 10.2. The number of aromatic nitrogens is 3. The van der Waals surface area contributed by atoms with Gasteiger partial charge < -0.3 is 16.4 Å².